The van der Waals surface area contributed by atoms with Crippen molar-refractivity contribution in [3.05, 3.63) is 52.8 Å². The largest absolute Gasteiger partial charge is 0.314 e. The first-order chi connectivity index (χ1) is 7.72. The van der Waals surface area contributed by atoms with Gasteiger partial charge in [-0.25, -0.2) is 0 Å². The fourth-order valence-electron chi connectivity index (χ4n) is 1.47. The Bertz CT molecular complexity index is 528. The first kappa shape index (κ1) is 10.8. The predicted octanol–water partition coefficient (Wildman–Crippen LogP) is 2.62. The van der Waals surface area contributed by atoms with Crippen LogP contribution < -0.4 is 0 Å². The van der Waals surface area contributed by atoms with Crippen molar-refractivity contribution in [1.29, 1.82) is 0 Å². The molecule has 0 bridgehead atoms. The molecule has 1 aromatic carbocycles. The van der Waals surface area contributed by atoms with Gasteiger partial charge in [-0.2, -0.15) is 0 Å². The molecule has 0 aliphatic heterocycles. The number of aldehydes is 1. The maximum absolute atomic E-state index is 11.3. The van der Waals surface area contributed by atoms with Gasteiger partial charge in [0.2, 0.25) is 5.78 Å². The lowest BCUT2D eigenvalue weighted by atomic mass is 10.2. The third-order valence-electron chi connectivity index (χ3n) is 2.21. The SMILES string of the molecule is O=CC(=O)c1cccn1-c1ccc(Br)cc1. The van der Waals surface area contributed by atoms with Crippen molar-refractivity contribution >= 4 is 28.0 Å². The molecule has 4 heteroatoms. The lowest BCUT2D eigenvalue weighted by Crippen LogP contribution is -2.07. The summed E-state index contributed by atoms with van der Waals surface area (Å²) < 4.78 is 2.65. The van der Waals surface area contributed by atoms with E-state index in [1.54, 1.807) is 22.9 Å². The highest BCUT2D eigenvalue weighted by Crippen LogP contribution is 2.16. The molecule has 0 aliphatic rings. The molecule has 0 spiro atoms. The maximum Gasteiger partial charge on any atom is 0.242 e. The normalized spacial score (nSPS) is 10.1. The standard InChI is InChI=1S/C12H8BrNO2/c13-9-3-5-10(6-4-9)14-7-1-2-11(14)12(16)8-15/h1-8H. The molecule has 0 aliphatic carbocycles. The quantitative estimate of drug-likeness (QED) is 0.492. The van der Waals surface area contributed by atoms with E-state index < -0.39 is 5.78 Å². The van der Waals surface area contributed by atoms with E-state index in [1.807, 2.05) is 24.3 Å². The number of hydrogen-bond donors (Lipinski definition) is 0. The Kier molecular flexibility index (Phi) is 3.01. The van der Waals surface area contributed by atoms with Crippen LogP contribution in [0.5, 0.6) is 0 Å². The maximum atomic E-state index is 11.3. The minimum absolute atomic E-state index is 0.324. The van der Waals surface area contributed by atoms with Crippen molar-refractivity contribution in [3.8, 4) is 5.69 Å². The van der Waals surface area contributed by atoms with Crippen molar-refractivity contribution in [1.82, 2.24) is 4.57 Å². The number of carbonyl (C=O) groups excluding carboxylic acids is 2. The molecule has 0 atom stereocenters. The average molecular weight is 278 g/mol. The third-order valence-corrected chi connectivity index (χ3v) is 2.74. The highest BCUT2D eigenvalue weighted by Gasteiger charge is 2.10. The monoisotopic (exact) mass is 277 g/mol. The average Bonchev–Trinajstić information content (AvgIpc) is 2.78. The molecule has 0 amide bonds. The predicted molar refractivity (Wildman–Crippen MR) is 63.9 cm³/mol. The van der Waals surface area contributed by atoms with E-state index in [4.69, 9.17) is 0 Å². The number of aromatic nitrogens is 1. The summed E-state index contributed by atoms with van der Waals surface area (Å²) in [6, 6.07) is 10.9. The Morgan fingerprint density at radius 3 is 2.50 bits per heavy atom. The molecule has 2 aromatic rings. The molecule has 0 saturated heterocycles. The smallest absolute Gasteiger partial charge is 0.242 e. The molecule has 0 fully saturated rings. The Morgan fingerprint density at radius 1 is 1.19 bits per heavy atom. The molecule has 80 valence electrons. The van der Waals surface area contributed by atoms with Gasteiger partial charge in [-0.05, 0) is 36.4 Å². The van der Waals surface area contributed by atoms with E-state index in [1.165, 1.54) is 0 Å². The van der Waals surface area contributed by atoms with Crippen molar-refractivity contribution in [2.24, 2.45) is 0 Å². The van der Waals surface area contributed by atoms with Gasteiger partial charge in [0.25, 0.3) is 0 Å². The summed E-state index contributed by atoms with van der Waals surface area (Å²) in [4.78, 5) is 21.8. The number of ketones is 1. The zero-order chi connectivity index (χ0) is 11.5. The minimum atomic E-state index is -0.520. The van der Waals surface area contributed by atoms with Gasteiger partial charge >= 0.3 is 0 Å². The first-order valence-corrected chi connectivity index (χ1v) is 5.44. The van der Waals surface area contributed by atoms with Crippen molar-refractivity contribution in [3.63, 3.8) is 0 Å². The molecule has 0 unspecified atom stereocenters. The van der Waals surface area contributed by atoms with Crippen molar-refractivity contribution < 1.29 is 9.59 Å². The molecular weight excluding hydrogens is 270 g/mol. The second kappa shape index (κ2) is 4.45. The molecule has 0 radical (unpaired) electrons. The molecule has 3 nitrogen and oxygen atoms in total. The van der Waals surface area contributed by atoms with Crippen LogP contribution in [0.25, 0.3) is 5.69 Å². The number of nitrogens with zero attached hydrogens (tertiary/aromatic N) is 1. The highest BCUT2D eigenvalue weighted by atomic mass is 79.9. The summed E-state index contributed by atoms with van der Waals surface area (Å²) in [5.74, 6) is -0.520. The Morgan fingerprint density at radius 2 is 1.88 bits per heavy atom. The van der Waals surface area contributed by atoms with Crippen LogP contribution in [0.4, 0.5) is 0 Å². The van der Waals surface area contributed by atoms with Crippen molar-refractivity contribution in [2.45, 2.75) is 0 Å². The summed E-state index contributed by atoms with van der Waals surface area (Å²) in [6.07, 6.45) is 2.07. The van der Waals surface area contributed by atoms with Gasteiger partial charge in [0.1, 0.15) is 0 Å². The number of halogens is 1. The van der Waals surface area contributed by atoms with Crippen LogP contribution in [-0.4, -0.2) is 16.6 Å². The minimum Gasteiger partial charge on any atom is -0.314 e. The summed E-state index contributed by atoms with van der Waals surface area (Å²) in [5.41, 5.74) is 1.22. The van der Waals surface area contributed by atoms with E-state index >= 15 is 0 Å². The molecule has 1 aromatic heterocycles. The van der Waals surface area contributed by atoms with E-state index in [-0.39, 0.29) is 0 Å². The molecule has 0 N–H and O–H groups in total. The van der Waals surface area contributed by atoms with E-state index in [2.05, 4.69) is 15.9 Å². The van der Waals surface area contributed by atoms with Gasteiger partial charge < -0.3 is 4.57 Å². The molecule has 16 heavy (non-hydrogen) atoms. The summed E-state index contributed by atoms with van der Waals surface area (Å²) >= 11 is 3.34. The molecular formula is C12H8BrNO2. The summed E-state index contributed by atoms with van der Waals surface area (Å²) in [6.45, 7) is 0. The topological polar surface area (TPSA) is 39.1 Å². The van der Waals surface area contributed by atoms with Crippen LogP contribution in [0.2, 0.25) is 0 Å². The lowest BCUT2D eigenvalue weighted by molar-refractivity contribution is -0.104. The zero-order valence-corrected chi connectivity index (χ0v) is 9.85. The van der Waals surface area contributed by atoms with Gasteiger partial charge in [-0.3, -0.25) is 9.59 Å². The first-order valence-electron chi connectivity index (χ1n) is 4.65. The van der Waals surface area contributed by atoms with Crippen LogP contribution in [-0.2, 0) is 4.79 Å². The van der Waals surface area contributed by atoms with E-state index in [9.17, 15) is 9.59 Å². The molecule has 2 rings (SSSR count). The highest BCUT2D eigenvalue weighted by molar-refractivity contribution is 9.10. The lowest BCUT2D eigenvalue weighted by Gasteiger charge is -2.06. The Balaban J connectivity index is 2.48. The van der Waals surface area contributed by atoms with E-state index in [0.29, 0.717) is 12.0 Å². The van der Waals surface area contributed by atoms with Crippen LogP contribution in [0.15, 0.2) is 47.1 Å². The van der Waals surface area contributed by atoms with E-state index in [0.717, 1.165) is 10.2 Å². The molecule has 1 heterocycles. The van der Waals surface area contributed by atoms with Gasteiger partial charge in [-0.1, -0.05) is 15.9 Å². The van der Waals surface area contributed by atoms with Crippen LogP contribution in [0.3, 0.4) is 0 Å². The Hall–Kier alpha value is -1.68. The summed E-state index contributed by atoms with van der Waals surface area (Å²) in [5, 5.41) is 0. The van der Waals surface area contributed by atoms with Gasteiger partial charge in [0.05, 0.1) is 5.69 Å². The molecule has 0 saturated carbocycles. The van der Waals surface area contributed by atoms with Crippen LogP contribution >= 0.6 is 15.9 Å². The second-order valence-corrected chi connectivity index (χ2v) is 4.14. The number of hydrogen-bond acceptors (Lipinski definition) is 2. The number of benzene rings is 1. The number of rotatable bonds is 3. The Labute approximate surface area is 101 Å². The fraction of sp³-hybridized carbons (Fsp3) is 0. The van der Waals surface area contributed by atoms with Crippen molar-refractivity contribution in [2.75, 3.05) is 0 Å². The van der Waals surface area contributed by atoms with Gasteiger partial charge in [0, 0.05) is 16.4 Å². The zero-order valence-electron chi connectivity index (χ0n) is 8.26. The number of carbonyl (C=O) groups is 2. The summed E-state index contributed by atoms with van der Waals surface area (Å²) in [7, 11) is 0. The third kappa shape index (κ3) is 1.97. The fourth-order valence-corrected chi connectivity index (χ4v) is 1.73. The number of Topliss-reactive ketones (excluding diaryl/α,β-unsaturated/α-hetero) is 1. The second-order valence-electron chi connectivity index (χ2n) is 3.22. The van der Waals surface area contributed by atoms with Crippen LogP contribution in [0.1, 0.15) is 10.5 Å². The van der Waals surface area contributed by atoms with Crippen LogP contribution in [0, 0.1) is 0 Å². The van der Waals surface area contributed by atoms with Gasteiger partial charge in [-0.15, -0.1) is 0 Å². The van der Waals surface area contributed by atoms with Gasteiger partial charge in [0.15, 0.2) is 6.29 Å².